The molecule has 0 aliphatic carbocycles. The summed E-state index contributed by atoms with van der Waals surface area (Å²) >= 11 is 0. The van der Waals surface area contributed by atoms with Crippen LogP contribution in [0.5, 0.6) is 0 Å². The van der Waals surface area contributed by atoms with Crippen LogP contribution < -0.4 is 4.57 Å². The van der Waals surface area contributed by atoms with Crippen LogP contribution in [-0.2, 0) is 13.4 Å². The predicted molar refractivity (Wildman–Crippen MR) is 119 cm³/mol. The first-order chi connectivity index (χ1) is 14.6. The van der Waals surface area contributed by atoms with Crippen molar-refractivity contribution in [3.05, 3.63) is 70.2 Å². The molecule has 29 heavy (non-hydrogen) atoms. The minimum atomic E-state index is -1.45. The number of nitrogens with zero attached hydrogens (tertiary/aromatic N) is 2. The Morgan fingerprint density at radius 2 is 1.86 bits per heavy atom. The van der Waals surface area contributed by atoms with Crippen molar-refractivity contribution in [2.24, 2.45) is 13.0 Å². The van der Waals surface area contributed by atoms with Crippen LogP contribution >= 0.6 is 0 Å². The SMILES string of the molecule is [2H]C([2H])(c1cc(C)[n+](C)c(-c2c(C)cc(C)c3c2oc2c([N+]#[C-])cccc23)c1)C(C)C. The Labute approximate surface area is 175 Å². The standard InChI is InChI=1S/C26H27N2O/c1-15(2)11-19-13-18(5)28(7)22(14-19)24-17(4)12-16(3)23-20-9-8-10-21(27-6)25(20)29-26(23)24/h8-10,12-15H,11H2,1-5,7H3/q+1/i11D2. The minimum absolute atomic E-state index is 0.154. The molecule has 0 aliphatic heterocycles. The van der Waals surface area contributed by atoms with Gasteiger partial charge in [-0.1, -0.05) is 38.1 Å². The molecule has 0 saturated heterocycles. The first-order valence-electron chi connectivity index (χ1n) is 10.9. The van der Waals surface area contributed by atoms with E-state index in [1.54, 1.807) is 6.07 Å². The first-order valence-corrected chi connectivity index (χ1v) is 9.92. The summed E-state index contributed by atoms with van der Waals surface area (Å²) in [5, 5.41) is 1.95. The van der Waals surface area contributed by atoms with Gasteiger partial charge in [-0.15, -0.1) is 0 Å². The van der Waals surface area contributed by atoms with E-state index in [-0.39, 0.29) is 5.92 Å². The number of aryl methyl sites for hydroxylation is 3. The zero-order valence-electron chi connectivity index (χ0n) is 19.8. The fraction of sp³-hybridized carbons (Fsp3) is 0.308. The van der Waals surface area contributed by atoms with Gasteiger partial charge in [0.1, 0.15) is 18.2 Å². The number of para-hydroxylation sites is 1. The summed E-state index contributed by atoms with van der Waals surface area (Å²) in [6.45, 7) is 17.5. The van der Waals surface area contributed by atoms with Crippen LogP contribution in [0.3, 0.4) is 0 Å². The molecule has 0 unspecified atom stereocenters. The highest BCUT2D eigenvalue weighted by Gasteiger charge is 2.24. The number of fused-ring (bicyclic) bond motifs is 3. The molecule has 0 atom stereocenters. The van der Waals surface area contributed by atoms with E-state index in [1.807, 2.05) is 52.1 Å². The lowest BCUT2D eigenvalue weighted by atomic mass is 9.94. The molecule has 4 rings (SSSR count). The third kappa shape index (κ3) is 3.09. The molecule has 0 aliphatic rings. The molecule has 0 bridgehead atoms. The van der Waals surface area contributed by atoms with Gasteiger partial charge in [-0.2, -0.15) is 4.57 Å². The van der Waals surface area contributed by atoms with Gasteiger partial charge in [0.25, 0.3) is 0 Å². The second-order valence-electron chi connectivity index (χ2n) is 8.09. The van der Waals surface area contributed by atoms with Crippen LogP contribution in [0, 0.1) is 33.3 Å². The molecule has 0 fully saturated rings. The van der Waals surface area contributed by atoms with Crippen molar-refractivity contribution >= 4 is 27.6 Å². The Hall–Kier alpha value is -3.12. The quantitative estimate of drug-likeness (QED) is 0.282. The van der Waals surface area contributed by atoms with Gasteiger partial charge in [0.2, 0.25) is 11.4 Å². The van der Waals surface area contributed by atoms with Crippen LogP contribution in [0.25, 0.3) is 38.0 Å². The van der Waals surface area contributed by atoms with Gasteiger partial charge in [0.05, 0.1) is 12.1 Å². The second kappa shape index (κ2) is 7.04. The van der Waals surface area contributed by atoms with Crippen LogP contribution in [0.15, 0.2) is 40.8 Å². The van der Waals surface area contributed by atoms with Gasteiger partial charge < -0.3 is 4.42 Å². The predicted octanol–water partition coefficient (Wildman–Crippen LogP) is 6.75. The van der Waals surface area contributed by atoms with Crippen LogP contribution in [0.1, 0.15) is 39.0 Å². The van der Waals surface area contributed by atoms with Gasteiger partial charge >= 0.3 is 0 Å². The lowest BCUT2D eigenvalue weighted by Gasteiger charge is -2.12. The fourth-order valence-corrected chi connectivity index (χ4v) is 4.18. The summed E-state index contributed by atoms with van der Waals surface area (Å²) in [5.41, 5.74) is 7.52. The molecule has 2 aromatic heterocycles. The van der Waals surface area contributed by atoms with E-state index in [2.05, 4.69) is 29.3 Å². The highest BCUT2D eigenvalue weighted by atomic mass is 16.3. The van der Waals surface area contributed by atoms with Crippen molar-refractivity contribution in [3.8, 4) is 11.3 Å². The van der Waals surface area contributed by atoms with E-state index in [1.165, 1.54) is 0 Å². The molecule has 4 aromatic rings. The maximum absolute atomic E-state index is 8.64. The van der Waals surface area contributed by atoms with Gasteiger partial charge in [0.15, 0.2) is 5.69 Å². The summed E-state index contributed by atoms with van der Waals surface area (Å²) in [5.74, 6) is -0.154. The van der Waals surface area contributed by atoms with E-state index in [0.29, 0.717) is 16.8 Å². The molecule has 0 amide bonds. The average molecular weight is 386 g/mol. The van der Waals surface area contributed by atoms with E-state index in [0.717, 1.165) is 44.4 Å². The Morgan fingerprint density at radius 1 is 1.10 bits per heavy atom. The molecule has 2 aromatic carbocycles. The Balaban J connectivity index is 2.15. The monoisotopic (exact) mass is 385 g/mol. The molecule has 0 radical (unpaired) electrons. The highest BCUT2D eigenvalue weighted by Crippen LogP contribution is 2.42. The fourth-order valence-electron chi connectivity index (χ4n) is 4.18. The van der Waals surface area contributed by atoms with Crippen LogP contribution in [0.4, 0.5) is 5.69 Å². The number of rotatable bonds is 3. The van der Waals surface area contributed by atoms with Crippen molar-refractivity contribution in [2.45, 2.75) is 41.0 Å². The van der Waals surface area contributed by atoms with Gasteiger partial charge in [0, 0.05) is 32.6 Å². The van der Waals surface area contributed by atoms with Gasteiger partial charge in [-0.05, 0) is 42.8 Å². The van der Waals surface area contributed by atoms with Gasteiger partial charge in [-0.25, -0.2) is 4.85 Å². The summed E-state index contributed by atoms with van der Waals surface area (Å²) in [7, 11) is 2.00. The first kappa shape index (κ1) is 16.8. The number of hydrogen-bond donors (Lipinski definition) is 0. The van der Waals surface area contributed by atoms with E-state index >= 15 is 0 Å². The Kier molecular flexibility index (Phi) is 4.08. The smallest absolute Gasteiger partial charge is 0.229 e. The van der Waals surface area contributed by atoms with Crippen molar-refractivity contribution in [2.75, 3.05) is 0 Å². The van der Waals surface area contributed by atoms with Crippen molar-refractivity contribution in [1.82, 2.24) is 0 Å². The third-order valence-corrected chi connectivity index (χ3v) is 5.52. The molecule has 3 heteroatoms. The summed E-state index contributed by atoms with van der Waals surface area (Å²) in [6.07, 6.45) is -1.45. The molecule has 0 saturated carbocycles. The third-order valence-electron chi connectivity index (χ3n) is 5.52. The van der Waals surface area contributed by atoms with Crippen molar-refractivity contribution in [1.29, 1.82) is 0 Å². The molecular formula is C26H27N2O+. The molecule has 0 N–H and O–H groups in total. The summed E-state index contributed by atoms with van der Waals surface area (Å²) < 4.78 is 25.7. The van der Waals surface area contributed by atoms with Crippen LogP contribution in [-0.4, -0.2) is 0 Å². The molecule has 0 spiro atoms. The van der Waals surface area contributed by atoms with E-state index in [4.69, 9.17) is 13.7 Å². The highest BCUT2D eigenvalue weighted by molar-refractivity contribution is 6.14. The Morgan fingerprint density at radius 3 is 2.55 bits per heavy atom. The number of pyridine rings is 1. The lowest BCUT2D eigenvalue weighted by Crippen LogP contribution is -2.35. The zero-order chi connectivity index (χ0) is 22.7. The maximum Gasteiger partial charge on any atom is 0.229 e. The zero-order valence-corrected chi connectivity index (χ0v) is 17.8. The lowest BCUT2D eigenvalue weighted by molar-refractivity contribution is -0.666. The summed E-state index contributed by atoms with van der Waals surface area (Å²) in [4.78, 5) is 3.65. The minimum Gasteiger partial charge on any atom is -0.466 e. The molecular weight excluding hydrogens is 356 g/mol. The van der Waals surface area contributed by atoms with Crippen molar-refractivity contribution < 1.29 is 11.7 Å². The molecule has 146 valence electrons. The normalized spacial score (nSPS) is 13.0. The van der Waals surface area contributed by atoms with E-state index in [9.17, 15) is 0 Å². The van der Waals surface area contributed by atoms with E-state index < -0.39 is 6.37 Å². The number of aromatic nitrogens is 1. The van der Waals surface area contributed by atoms with Crippen LogP contribution in [0.2, 0.25) is 0 Å². The topological polar surface area (TPSA) is 21.4 Å². The van der Waals surface area contributed by atoms with Gasteiger partial charge in [-0.3, -0.25) is 0 Å². The Bertz CT molecular complexity index is 1390. The summed E-state index contributed by atoms with van der Waals surface area (Å²) in [6, 6.07) is 11.7. The number of furan rings is 1. The number of hydrogen-bond acceptors (Lipinski definition) is 1. The second-order valence-corrected chi connectivity index (χ2v) is 8.09. The molecule has 3 nitrogen and oxygen atoms in total. The molecule has 2 heterocycles. The largest absolute Gasteiger partial charge is 0.466 e. The number of benzene rings is 2. The maximum atomic E-state index is 8.64. The average Bonchev–Trinajstić information content (AvgIpc) is 3.10. The van der Waals surface area contributed by atoms with Crippen molar-refractivity contribution in [3.63, 3.8) is 0 Å².